The van der Waals surface area contributed by atoms with Gasteiger partial charge in [0.15, 0.2) is 0 Å². The van der Waals surface area contributed by atoms with E-state index in [0.717, 1.165) is 5.69 Å². The Balaban J connectivity index is 2.06. The van der Waals surface area contributed by atoms with Crippen LogP contribution in [-0.2, 0) is 4.74 Å². The molecular formula is C22H31N3O4S. The Hall–Kier alpha value is -1.91. The number of hydrazine groups is 1. The molecule has 2 heterocycles. The van der Waals surface area contributed by atoms with Crippen LogP contribution in [0.1, 0.15) is 13.3 Å². The topological polar surface area (TPSA) is 102 Å². The van der Waals surface area contributed by atoms with Crippen LogP contribution < -0.4 is 10.9 Å². The van der Waals surface area contributed by atoms with Gasteiger partial charge < -0.3 is 9.84 Å². The normalized spacial score (nSPS) is 24.4. The lowest BCUT2D eigenvalue weighted by Gasteiger charge is -2.44. The maximum Gasteiger partial charge on any atom is 0.111 e. The molecule has 0 saturated carbocycles. The van der Waals surface area contributed by atoms with Crippen molar-refractivity contribution in [2.45, 2.75) is 24.8 Å². The fraction of sp³-hybridized carbons (Fsp3) is 0.364. The maximum atomic E-state index is 10.9. The lowest BCUT2D eigenvalue weighted by molar-refractivity contribution is -0.0577. The molecule has 0 spiro atoms. The molecule has 7 nitrogen and oxygen atoms in total. The first-order chi connectivity index (χ1) is 14.3. The first-order valence-corrected chi connectivity index (χ1v) is 11.6. The fourth-order valence-corrected chi connectivity index (χ4v) is 5.09. The van der Waals surface area contributed by atoms with Crippen LogP contribution in [0.5, 0.6) is 0 Å². The Labute approximate surface area is 179 Å². The van der Waals surface area contributed by atoms with E-state index >= 15 is 0 Å². The predicted octanol–water partition coefficient (Wildman–Crippen LogP) is 3.44. The molecule has 1 aromatic rings. The molecule has 1 fully saturated rings. The summed E-state index contributed by atoms with van der Waals surface area (Å²) in [6, 6.07) is 9.45. The summed E-state index contributed by atoms with van der Waals surface area (Å²) >= 11 is 0. The summed E-state index contributed by atoms with van der Waals surface area (Å²) in [6.45, 7) is 7.84. The third-order valence-corrected chi connectivity index (χ3v) is 7.37. The molecular weight excluding hydrogens is 402 g/mol. The number of hydrogen-bond acceptors (Lipinski definition) is 7. The average molecular weight is 434 g/mol. The van der Waals surface area contributed by atoms with Crippen LogP contribution in [-0.4, -0.2) is 56.9 Å². The number of nitrogens with two attached hydrogens (primary N) is 1. The molecule has 2 aliphatic heterocycles. The second-order valence-electron chi connectivity index (χ2n) is 7.36. The van der Waals surface area contributed by atoms with Crippen LogP contribution in [0.3, 0.4) is 0 Å². The Bertz CT molecular complexity index is 832. The lowest BCUT2D eigenvalue weighted by atomic mass is 9.99. The number of allylic oxidation sites excluding steroid dienone is 3. The van der Waals surface area contributed by atoms with Crippen molar-refractivity contribution < 1.29 is 18.9 Å². The second kappa shape index (κ2) is 9.93. The van der Waals surface area contributed by atoms with Gasteiger partial charge in [-0.15, -0.1) is 0 Å². The third kappa shape index (κ3) is 5.04. The number of nitrogens with zero attached hydrogens (tertiary/aromatic N) is 2. The quantitative estimate of drug-likeness (QED) is 0.297. The van der Waals surface area contributed by atoms with Crippen LogP contribution in [0.4, 0.5) is 5.69 Å². The number of para-hydroxylation sites is 1. The van der Waals surface area contributed by atoms with Crippen molar-refractivity contribution in [2.75, 3.05) is 31.3 Å². The van der Waals surface area contributed by atoms with Crippen molar-refractivity contribution in [1.29, 1.82) is 0 Å². The van der Waals surface area contributed by atoms with Crippen molar-refractivity contribution in [3.8, 4) is 0 Å². The summed E-state index contributed by atoms with van der Waals surface area (Å²) < 4.78 is 26.9. The fourth-order valence-electron chi connectivity index (χ4n) is 3.70. The van der Waals surface area contributed by atoms with Gasteiger partial charge in [-0.05, 0) is 24.6 Å². The first-order valence-electron chi connectivity index (χ1n) is 9.96. The highest BCUT2D eigenvalue weighted by Gasteiger charge is 2.35. The van der Waals surface area contributed by atoms with Crippen LogP contribution in [0.2, 0.25) is 0 Å². The van der Waals surface area contributed by atoms with Crippen molar-refractivity contribution in [3.05, 3.63) is 77.4 Å². The molecule has 30 heavy (non-hydrogen) atoms. The summed E-state index contributed by atoms with van der Waals surface area (Å²) in [5.74, 6) is 6.53. The van der Waals surface area contributed by atoms with E-state index in [4.69, 9.17) is 10.6 Å². The highest BCUT2D eigenvalue weighted by Crippen LogP contribution is 2.55. The molecule has 0 bridgehead atoms. The van der Waals surface area contributed by atoms with E-state index < -0.39 is 22.1 Å². The van der Waals surface area contributed by atoms with Gasteiger partial charge in [-0.25, -0.2) is 5.84 Å². The second-order valence-corrected chi connectivity index (χ2v) is 9.58. The van der Waals surface area contributed by atoms with Gasteiger partial charge in [-0.1, -0.05) is 43.0 Å². The number of hydrogen-bond donors (Lipinski definition) is 4. The van der Waals surface area contributed by atoms with E-state index in [-0.39, 0.29) is 6.42 Å². The van der Waals surface area contributed by atoms with Crippen molar-refractivity contribution in [2.24, 2.45) is 5.84 Å². The SMILES string of the molecule is C=CC=CC1=CS(O)(O)C(C)C(CC(O)N2CCOCC2)=C1N(N)c1ccccc1. The van der Waals surface area contributed by atoms with E-state index in [1.165, 1.54) is 5.41 Å². The molecule has 164 valence electrons. The minimum absolute atomic E-state index is 0.242. The Kier molecular flexibility index (Phi) is 7.54. The molecule has 2 atom stereocenters. The van der Waals surface area contributed by atoms with Gasteiger partial charge in [0.1, 0.15) is 6.23 Å². The summed E-state index contributed by atoms with van der Waals surface area (Å²) in [7, 11) is -3.06. The minimum Gasteiger partial charge on any atom is -0.379 e. The summed E-state index contributed by atoms with van der Waals surface area (Å²) in [5.41, 5.74) is 2.70. The third-order valence-electron chi connectivity index (χ3n) is 5.45. The zero-order valence-corrected chi connectivity index (χ0v) is 18.0. The number of aliphatic hydroxyl groups is 1. The summed E-state index contributed by atoms with van der Waals surface area (Å²) in [6.07, 6.45) is 4.57. The lowest BCUT2D eigenvalue weighted by Crippen LogP contribution is -2.45. The molecule has 1 aromatic carbocycles. The van der Waals surface area contributed by atoms with E-state index in [9.17, 15) is 14.2 Å². The average Bonchev–Trinajstić information content (AvgIpc) is 2.76. The van der Waals surface area contributed by atoms with Gasteiger partial charge in [0.05, 0.1) is 29.8 Å². The number of benzene rings is 1. The van der Waals surface area contributed by atoms with Crippen LogP contribution in [0.25, 0.3) is 0 Å². The minimum atomic E-state index is -3.06. The highest BCUT2D eigenvalue weighted by atomic mass is 32.3. The van der Waals surface area contributed by atoms with Crippen LogP contribution >= 0.6 is 10.6 Å². The first kappa shape index (κ1) is 22.8. The predicted molar refractivity (Wildman–Crippen MR) is 123 cm³/mol. The number of anilines is 1. The van der Waals surface area contributed by atoms with E-state index in [1.807, 2.05) is 35.2 Å². The van der Waals surface area contributed by atoms with Crippen LogP contribution in [0, 0.1) is 0 Å². The molecule has 2 aliphatic rings. The van der Waals surface area contributed by atoms with Gasteiger partial charge in [0, 0.05) is 30.5 Å². The largest absolute Gasteiger partial charge is 0.379 e. The Morgan fingerprint density at radius 1 is 1.30 bits per heavy atom. The molecule has 1 saturated heterocycles. The molecule has 0 amide bonds. The number of rotatable bonds is 7. The number of morpholine rings is 1. The van der Waals surface area contributed by atoms with Gasteiger partial charge in [0.2, 0.25) is 0 Å². The maximum absolute atomic E-state index is 10.9. The van der Waals surface area contributed by atoms with Crippen molar-refractivity contribution in [3.63, 3.8) is 0 Å². The van der Waals surface area contributed by atoms with Gasteiger partial charge in [-0.3, -0.25) is 19.0 Å². The molecule has 0 aromatic heterocycles. The highest BCUT2D eigenvalue weighted by molar-refractivity contribution is 8.27. The molecule has 2 unspecified atom stereocenters. The molecule has 0 radical (unpaired) electrons. The molecule has 8 heteroatoms. The van der Waals surface area contributed by atoms with Gasteiger partial charge in [-0.2, -0.15) is 10.6 Å². The molecule has 0 aliphatic carbocycles. The number of ether oxygens (including phenoxy) is 1. The van der Waals surface area contributed by atoms with Gasteiger partial charge in [0.25, 0.3) is 0 Å². The molecule has 5 N–H and O–H groups in total. The van der Waals surface area contributed by atoms with Crippen LogP contribution in [0.15, 0.2) is 77.4 Å². The monoisotopic (exact) mass is 433 g/mol. The van der Waals surface area contributed by atoms with E-state index in [2.05, 4.69) is 6.58 Å². The smallest absolute Gasteiger partial charge is 0.111 e. The summed E-state index contributed by atoms with van der Waals surface area (Å²) in [5, 5.41) is 13.4. The zero-order valence-electron chi connectivity index (χ0n) is 17.2. The number of aliphatic hydroxyl groups excluding tert-OH is 1. The van der Waals surface area contributed by atoms with Crippen molar-refractivity contribution in [1.82, 2.24) is 4.90 Å². The Morgan fingerprint density at radius 2 is 1.97 bits per heavy atom. The standard InChI is InChI=1S/C22H31N3O4S/c1-3-4-8-18-16-30(27,28)17(2)20(15-21(26)24-11-13-29-14-12-24)22(18)25(23)19-9-6-5-7-10-19/h3-10,16-17,21,26-28H,1,11-15,23H2,2H3. The van der Waals surface area contributed by atoms with Gasteiger partial charge >= 0.3 is 0 Å². The molecule has 3 rings (SSSR count). The summed E-state index contributed by atoms with van der Waals surface area (Å²) in [4.78, 5) is 1.94. The zero-order chi connectivity index (χ0) is 21.7. The van der Waals surface area contributed by atoms with Crippen molar-refractivity contribution >= 4 is 16.3 Å². The Morgan fingerprint density at radius 3 is 2.60 bits per heavy atom. The van der Waals surface area contributed by atoms with E-state index in [1.54, 1.807) is 30.2 Å². The van der Waals surface area contributed by atoms with E-state index in [0.29, 0.717) is 43.1 Å².